The van der Waals surface area contributed by atoms with Crippen LogP contribution >= 0.6 is 23.1 Å². The Morgan fingerprint density at radius 3 is 2.29 bits per heavy atom. The number of aromatic nitrogens is 3. The third kappa shape index (κ3) is 7.17. The van der Waals surface area contributed by atoms with E-state index in [0.29, 0.717) is 0 Å². The van der Waals surface area contributed by atoms with E-state index in [0.717, 1.165) is 40.1 Å². The van der Waals surface area contributed by atoms with Gasteiger partial charge in [0.15, 0.2) is 33.7 Å². The number of thioether (sulfide) groups is 1. The molecule has 2 aromatic heterocycles. The number of benzene rings is 1. The zero-order valence-corrected chi connectivity index (χ0v) is 28.3. The van der Waals surface area contributed by atoms with Gasteiger partial charge >= 0.3 is 17.9 Å². The van der Waals surface area contributed by atoms with E-state index in [4.69, 9.17) is 15.3 Å². The summed E-state index contributed by atoms with van der Waals surface area (Å²) >= 11 is 2.04. The average Bonchev–Trinajstić information content (AvgIpc) is 3.50. The van der Waals surface area contributed by atoms with Crippen LogP contribution in [-0.4, -0.2) is 118 Å². The summed E-state index contributed by atoms with van der Waals surface area (Å²) in [5.74, 6) is -7.75. The number of amides is 3. The molecule has 2 aliphatic rings. The number of thiazole rings is 1. The highest BCUT2D eigenvalue weighted by molar-refractivity contribution is 8.00. The number of phenolic OH excluding ortho intramolecular Hbond substituents is 2. The van der Waals surface area contributed by atoms with Gasteiger partial charge in [0, 0.05) is 29.8 Å². The highest BCUT2D eigenvalue weighted by Gasteiger charge is 2.54. The van der Waals surface area contributed by atoms with Crippen molar-refractivity contribution in [3.05, 3.63) is 45.9 Å². The van der Waals surface area contributed by atoms with Crippen LogP contribution in [-0.2, 0) is 28.8 Å². The van der Waals surface area contributed by atoms with E-state index in [-0.39, 0.29) is 39.8 Å². The highest BCUT2D eigenvalue weighted by Crippen LogP contribution is 2.40. The van der Waals surface area contributed by atoms with Crippen molar-refractivity contribution < 1.29 is 58.8 Å². The number of carbonyl (C=O) groups is 6. The Kier molecular flexibility index (Phi) is 10.0. The predicted octanol–water partition coefficient (Wildman–Crippen LogP) is 0.00890. The van der Waals surface area contributed by atoms with Crippen molar-refractivity contribution in [3.63, 3.8) is 0 Å². The van der Waals surface area contributed by atoms with Crippen molar-refractivity contribution in [1.82, 2.24) is 30.5 Å². The summed E-state index contributed by atoms with van der Waals surface area (Å²) in [4.78, 5) is 94.7. The van der Waals surface area contributed by atoms with E-state index in [2.05, 4.69) is 30.7 Å². The lowest BCUT2D eigenvalue weighted by atomic mass is 10.0. The molecule has 3 amide bonds. The molecular formula is C29H28N8O12S2. The number of carbonyl (C=O) groups excluding carboxylic acids is 4. The molecule has 1 fully saturated rings. The molecule has 3 aromatic rings. The lowest BCUT2D eigenvalue weighted by Crippen LogP contribution is -2.71. The van der Waals surface area contributed by atoms with E-state index < -0.39 is 93.5 Å². The first-order valence-electron chi connectivity index (χ1n) is 14.6. The molecule has 0 bridgehead atoms. The number of carboxylic acid groups (broad SMARTS) is 2. The Morgan fingerprint density at radius 1 is 1.08 bits per heavy atom. The third-order valence-corrected chi connectivity index (χ3v) is 9.32. The van der Waals surface area contributed by atoms with Gasteiger partial charge in [0.1, 0.15) is 22.8 Å². The van der Waals surface area contributed by atoms with Gasteiger partial charge in [0.2, 0.25) is 5.60 Å². The number of phenols is 2. The maximum absolute atomic E-state index is 13.3. The molecule has 2 atom stereocenters. The number of ether oxygens (including phenoxy) is 1. The molecule has 0 unspecified atom stereocenters. The number of fused-ring (bicyclic) bond motifs is 2. The quantitative estimate of drug-likeness (QED) is 0.0422. The van der Waals surface area contributed by atoms with Gasteiger partial charge < -0.3 is 46.4 Å². The second-order valence-corrected chi connectivity index (χ2v) is 13.2. The maximum atomic E-state index is 13.3. The molecule has 0 aliphatic carbocycles. The van der Waals surface area contributed by atoms with Gasteiger partial charge in [-0.15, -0.1) is 23.1 Å². The number of nitrogen functional groups attached to an aromatic ring is 1. The Bertz CT molecular complexity index is 2060. The van der Waals surface area contributed by atoms with Gasteiger partial charge in [0.25, 0.3) is 17.7 Å². The van der Waals surface area contributed by atoms with Crippen LogP contribution in [0.25, 0.3) is 11.0 Å². The van der Waals surface area contributed by atoms with Crippen molar-refractivity contribution in [2.45, 2.75) is 37.8 Å². The number of hydrogen-bond acceptors (Lipinski definition) is 17. The SMILES string of the molecule is CCOC(=O)c1nc2cc(O)c(O)cc2nc1C(=O)NCC1=C(C(=O)O)N2C(=O)[C@@H](NC(=O)/C(=N\OC(C)(C)C(=O)O)c3csc(N)n3)[C@H]2SC1. The number of hydrogen-bond donors (Lipinski definition) is 7. The fraction of sp³-hybridized carbons (Fsp3) is 0.310. The number of carboxylic acids is 2. The lowest BCUT2D eigenvalue weighted by Gasteiger charge is -2.49. The molecule has 2 aliphatic heterocycles. The first-order chi connectivity index (χ1) is 24.0. The minimum atomic E-state index is -1.84. The van der Waals surface area contributed by atoms with Gasteiger partial charge in [-0.05, 0) is 26.3 Å². The number of rotatable bonds is 12. The number of esters is 1. The van der Waals surface area contributed by atoms with Crippen LogP contribution in [0.5, 0.6) is 11.5 Å². The standard InChI is InChI=1S/C29H28N8O12S2/c1-4-48-26(45)18-17(32-11-5-14(38)15(39)6-12(11)33-18)21(40)31-7-10-8-50-24-19(23(42)37(24)20(10)25(43)44)35-22(41)16(13-9-51-28(30)34-13)36-49-29(2,3)27(46)47/h5-6,9,19,24,38-39H,4,7-8H2,1-3H3,(H2,30,34)(H,31,40)(H,35,41)(H,43,44)(H,46,47)/b36-16-/t19-,24-/m1/s1. The number of aromatic hydroxyl groups is 2. The molecule has 1 aromatic carbocycles. The van der Waals surface area contributed by atoms with Crippen LogP contribution in [0.3, 0.4) is 0 Å². The fourth-order valence-corrected chi connectivity index (χ4v) is 6.57. The largest absolute Gasteiger partial charge is 0.504 e. The summed E-state index contributed by atoms with van der Waals surface area (Å²) in [6.07, 6.45) is 0. The van der Waals surface area contributed by atoms with Crippen LogP contribution in [0.1, 0.15) is 47.4 Å². The molecule has 22 heteroatoms. The fourth-order valence-electron chi connectivity index (χ4n) is 4.68. The van der Waals surface area contributed by atoms with Crippen molar-refractivity contribution in [2.75, 3.05) is 24.6 Å². The molecule has 1 saturated heterocycles. The van der Waals surface area contributed by atoms with E-state index in [1.54, 1.807) is 0 Å². The Labute approximate surface area is 294 Å². The lowest BCUT2D eigenvalue weighted by molar-refractivity contribution is -0.161. The molecule has 0 spiro atoms. The number of β-lactam (4-membered cyclic amide) rings is 1. The molecule has 0 radical (unpaired) electrons. The minimum absolute atomic E-state index is 0.0243. The van der Waals surface area contributed by atoms with E-state index in [1.807, 2.05) is 0 Å². The molecule has 20 nitrogen and oxygen atoms in total. The molecule has 8 N–H and O–H groups in total. The third-order valence-electron chi connectivity index (χ3n) is 7.30. The maximum Gasteiger partial charge on any atom is 0.359 e. The molecule has 5 rings (SSSR count). The Balaban J connectivity index is 1.36. The summed E-state index contributed by atoms with van der Waals surface area (Å²) in [5.41, 5.74) is 1.87. The molecular weight excluding hydrogens is 716 g/mol. The summed E-state index contributed by atoms with van der Waals surface area (Å²) in [6, 6.07) is 0.831. The van der Waals surface area contributed by atoms with Crippen molar-refractivity contribution in [2.24, 2.45) is 5.16 Å². The van der Waals surface area contributed by atoms with Crippen molar-refractivity contribution >= 4 is 80.6 Å². The average molecular weight is 745 g/mol. The van der Waals surface area contributed by atoms with Gasteiger partial charge in [-0.1, -0.05) is 5.16 Å². The topological polar surface area (TPSA) is 306 Å². The van der Waals surface area contributed by atoms with Gasteiger partial charge in [0.05, 0.1) is 17.6 Å². The van der Waals surface area contributed by atoms with Crippen molar-refractivity contribution in [3.8, 4) is 11.5 Å². The van der Waals surface area contributed by atoms with Gasteiger partial charge in [-0.2, -0.15) is 0 Å². The monoisotopic (exact) mass is 744 g/mol. The van der Waals surface area contributed by atoms with Gasteiger partial charge in [-0.3, -0.25) is 19.3 Å². The van der Waals surface area contributed by atoms with E-state index in [9.17, 15) is 49.2 Å². The first kappa shape index (κ1) is 36.3. The number of nitrogens with one attached hydrogen (secondary N) is 2. The minimum Gasteiger partial charge on any atom is -0.504 e. The molecule has 4 heterocycles. The summed E-state index contributed by atoms with van der Waals surface area (Å²) < 4.78 is 4.98. The van der Waals surface area contributed by atoms with E-state index >= 15 is 0 Å². The number of anilines is 1. The second-order valence-electron chi connectivity index (χ2n) is 11.2. The van der Waals surface area contributed by atoms with Crippen LogP contribution in [0.15, 0.2) is 33.9 Å². The molecule has 0 saturated carbocycles. The number of nitrogens with zero attached hydrogens (tertiary/aromatic N) is 5. The first-order valence-corrected chi connectivity index (χ1v) is 16.6. The zero-order valence-electron chi connectivity index (χ0n) is 26.7. The van der Waals surface area contributed by atoms with Crippen molar-refractivity contribution in [1.29, 1.82) is 0 Å². The van der Waals surface area contributed by atoms with Crippen LogP contribution < -0.4 is 16.4 Å². The zero-order chi connectivity index (χ0) is 37.4. The Morgan fingerprint density at radius 2 is 1.73 bits per heavy atom. The van der Waals surface area contributed by atoms with Crippen LogP contribution in [0.2, 0.25) is 0 Å². The smallest absolute Gasteiger partial charge is 0.359 e. The second kappa shape index (κ2) is 14.1. The summed E-state index contributed by atoms with van der Waals surface area (Å²) in [6.45, 7) is 3.44. The van der Waals surface area contributed by atoms with Crippen LogP contribution in [0.4, 0.5) is 5.13 Å². The molecule has 268 valence electrons. The molecule has 51 heavy (non-hydrogen) atoms. The highest BCUT2D eigenvalue weighted by atomic mass is 32.2. The summed E-state index contributed by atoms with van der Waals surface area (Å²) in [7, 11) is 0. The normalized spacial score (nSPS) is 17.4. The number of nitrogens with two attached hydrogens (primary N) is 1. The Hall–Kier alpha value is -6.03. The van der Waals surface area contributed by atoms with Gasteiger partial charge in [-0.25, -0.2) is 29.3 Å². The predicted molar refractivity (Wildman–Crippen MR) is 177 cm³/mol. The van der Waals surface area contributed by atoms with E-state index in [1.165, 1.54) is 26.2 Å². The number of aliphatic carboxylic acids is 2. The van der Waals surface area contributed by atoms with Crippen LogP contribution in [0, 0.1) is 0 Å². The summed E-state index contributed by atoms with van der Waals surface area (Å²) in [5, 5.41) is 48.3. The number of oxime groups is 1.